The van der Waals surface area contributed by atoms with E-state index in [9.17, 15) is 4.79 Å². The quantitative estimate of drug-likeness (QED) is 0.902. The van der Waals surface area contributed by atoms with Crippen molar-refractivity contribution in [3.63, 3.8) is 0 Å². The number of methoxy groups -OCH3 is 1. The van der Waals surface area contributed by atoms with Gasteiger partial charge in [-0.25, -0.2) is 0 Å². The van der Waals surface area contributed by atoms with E-state index in [2.05, 4.69) is 21.2 Å². The van der Waals surface area contributed by atoms with Crippen LogP contribution in [0.5, 0.6) is 0 Å². The van der Waals surface area contributed by atoms with E-state index in [1.54, 1.807) is 7.11 Å². The molecular weight excluding hydrogens is 270 g/mol. The van der Waals surface area contributed by atoms with Gasteiger partial charge in [-0.1, -0.05) is 22.0 Å². The fraction of sp³-hybridized carbons (Fsp3) is 0.417. The molecule has 1 amide bonds. The van der Waals surface area contributed by atoms with Crippen LogP contribution in [0.4, 0.5) is 5.69 Å². The van der Waals surface area contributed by atoms with E-state index in [0.29, 0.717) is 6.42 Å². The van der Waals surface area contributed by atoms with Gasteiger partial charge in [0.1, 0.15) is 0 Å². The van der Waals surface area contributed by atoms with E-state index < -0.39 is 0 Å². The summed E-state index contributed by atoms with van der Waals surface area (Å²) in [5.74, 6) is 0.0157. The highest BCUT2D eigenvalue weighted by Gasteiger charge is 2.06. The van der Waals surface area contributed by atoms with Gasteiger partial charge in [-0.05, 0) is 31.5 Å². The lowest BCUT2D eigenvalue weighted by atomic mass is 10.2. The van der Waals surface area contributed by atoms with Crippen LogP contribution in [0.2, 0.25) is 0 Å². The van der Waals surface area contributed by atoms with Crippen LogP contribution in [0, 0.1) is 0 Å². The summed E-state index contributed by atoms with van der Waals surface area (Å²) in [6, 6.07) is 7.54. The highest BCUT2D eigenvalue weighted by molar-refractivity contribution is 9.10. The molecule has 0 bridgehead atoms. The zero-order valence-corrected chi connectivity index (χ0v) is 11.1. The largest absolute Gasteiger partial charge is 0.382 e. The lowest BCUT2D eigenvalue weighted by Crippen LogP contribution is -2.15. The first-order chi connectivity index (χ1) is 7.61. The summed E-state index contributed by atoms with van der Waals surface area (Å²) in [4.78, 5) is 11.6. The maximum atomic E-state index is 11.6. The maximum Gasteiger partial charge on any atom is 0.224 e. The predicted molar refractivity (Wildman–Crippen MR) is 68.5 cm³/mol. The molecule has 16 heavy (non-hydrogen) atoms. The van der Waals surface area contributed by atoms with Crippen molar-refractivity contribution in [1.29, 1.82) is 0 Å². The number of nitrogens with one attached hydrogen (secondary N) is 1. The summed E-state index contributed by atoms with van der Waals surface area (Å²) in [5.41, 5.74) is 0.810. The molecule has 88 valence electrons. The Labute approximate surface area is 104 Å². The third kappa shape index (κ3) is 4.77. The Hall–Kier alpha value is -0.870. The summed E-state index contributed by atoms with van der Waals surface area (Å²) < 4.78 is 6.04. The molecule has 0 aliphatic carbocycles. The molecule has 1 aromatic rings. The second-order valence-corrected chi connectivity index (χ2v) is 4.56. The van der Waals surface area contributed by atoms with Crippen molar-refractivity contribution in [2.24, 2.45) is 0 Å². The third-order valence-corrected chi connectivity index (χ3v) is 2.78. The summed E-state index contributed by atoms with van der Waals surface area (Å²) in [6.07, 6.45) is 1.32. The van der Waals surface area contributed by atoms with E-state index in [1.807, 2.05) is 31.2 Å². The van der Waals surface area contributed by atoms with Crippen LogP contribution in [0.15, 0.2) is 28.7 Å². The first-order valence-electron chi connectivity index (χ1n) is 5.20. The molecule has 4 heteroatoms. The van der Waals surface area contributed by atoms with Gasteiger partial charge in [-0.2, -0.15) is 0 Å². The van der Waals surface area contributed by atoms with Gasteiger partial charge in [0.2, 0.25) is 5.91 Å². The van der Waals surface area contributed by atoms with Crippen molar-refractivity contribution in [3.8, 4) is 0 Å². The molecule has 3 nitrogen and oxygen atoms in total. The number of halogens is 1. The third-order valence-electron chi connectivity index (χ3n) is 2.29. The average molecular weight is 286 g/mol. The van der Waals surface area contributed by atoms with Crippen LogP contribution in [-0.2, 0) is 9.53 Å². The minimum atomic E-state index is 0.0157. The molecule has 0 fully saturated rings. The predicted octanol–water partition coefficient (Wildman–Crippen LogP) is 3.20. The van der Waals surface area contributed by atoms with Crippen molar-refractivity contribution in [2.45, 2.75) is 25.9 Å². The monoisotopic (exact) mass is 285 g/mol. The van der Waals surface area contributed by atoms with E-state index in [0.717, 1.165) is 16.6 Å². The second-order valence-electron chi connectivity index (χ2n) is 3.64. The number of rotatable bonds is 5. The minimum absolute atomic E-state index is 0.0157. The van der Waals surface area contributed by atoms with Crippen molar-refractivity contribution in [2.75, 3.05) is 12.4 Å². The van der Waals surface area contributed by atoms with Crippen molar-refractivity contribution >= 4 is 27.5 Å². The topological polar surface area (TPSA) is 38.3 Å². The number of anilines is 1. The van der Waals surface area contributed by atoms with Crippen molar-refractivity contribution < 1.29 is 9.53 Å². The minimum Gasteiger partial charge on any atom is -0.382 e. The van der Waals surface area contributed by atoms with Crippen LogP contribution in [-0.4, -0.2) is 19.1 Å². The summed E-state index contributed by atoms with van der Waals surface area (Å²) in [6.45, 7) is 1.95. The molecule has 0 spiro atoms. The van der Waals surface area contributed by atoms with Crippen LogP contribution in [0.25, 0.3) is 0 Å². The Morgan fingerprint density at radius 3 is 2.94 bits per heavy atom. The van der Waals surface area contributed by atoms with Gasteiger partial charge in [0, 0.05) is 23.7 Å². The van der Waals surface area contributed by atoms with E-state index in [-0.39, 0.29) is 12.0 Å². The molecule has 1 N–H and O–H groups in total. The van der Waals surface area contributed by atoms with E-state index in [4.69, 9.17) is 4.74 Å². The number of ether oxygens (including phenoxy) is 1. The first kappa shape index (κ1) is 13.2. The van der Waals surface area contributed by atoms with Gasteiger partial charge in [0.15, 0.2) is 0 Å². The fourth-order valence-corrected chi connectivity index (χ4v) is 1.64. The number of hydrogen-bond acceptors (Lipinski definition) is 2. The van der Waals surface area contributed by atoms with Crippen LogP contribution in [0.3, 0.4) is 0 Å². The highest BCUT2D eigenvalue weighted by Crippen LogP contribution is 2.16. The molecule has 0 aromatic heterocycles. The SMILES string of the molecule is COC(C)CCC(=O)Nc1cccc(Br)c1. The molecule has 1 atom stereocenters. The molecule has 0 aliphatic rings. The Morgan fingerprint density at radius 2 is 2.31 bits per heavy atom. The molecular formula is C12H16BrNO2. The van der Waals surface area contributed by atoms with Gasteiger partial charge in [0.05, 0.1) is 6.10 Å². The molecule has 0 radical (unpaired) electrons. The Kier molecular flexibility index (Phi) is 5.49. The van der Waals surface area contributed by atoms with Gasteiger partial charge >= 0.3 is 0 Å². The highest BCUT2D eigenvalue weighted by atomic mass is 79.9. The van der Waals surface area contributed by atoms with E-state index >= 15 is 0 Å². The standard InChI is InChI=1S/C12H16BrNO2/c1-9(16-2)6-7-12(15)14-11-5-3-4-10(13)8-11/h3-5,8-9H,6-7H2,1-2H3,(H,14,15). The van der Waals surface area contributed by atoms with Crippen molar-refractivity contribution in [1.82, 2.24) is 0 Å². The van der Waals surface area contributed by atoms with Crippen molar-refractivity contribution in [3.05, 3.63) is 28.7 Å². The van der Waals surface area contributed by atoms with Crippen LogP contribution in [0.1, 0.15) is 19.8 Å². The summed E-state index contributed by atoms with van der Waals surface area (Å²) >= 11 is 3.35. The van der Waals surface area contributed by atoms with E-state index in [1.165, 1.54) is 0 Å². The smallest absolute Gasteiger partial charge is 0.224 e. The number of carbonyl (C=O) groups is 1. The maximum absolute atomic E-state index is 11.6. The molecule has 0 saturated heterocycles. The van der Waals surface area contributed by atoms with Crippen LogP contribution >= 0.6 is 15.9 Å². The molecule has 0 saturated carbocycles. The summed E-state index contributed by atoms with van der Waals surface area (Å²) in [7, 11) is 1.65. The number of benzene rings is 1. The Balaban J connectivity index is 2.40. The normalized spacial score (nSPS) is 12.2. The molecule has 1 aromatic carbocycles. The average Bonchev–Trinajstić information content (AvgIpc) is 2.26. The molecule has 0 aliphatic heterocycles. The van der Waals surface area contributed by atoms with Gasteiger partial charge in [-0.15, -0.1) is 0 Å². The fourth-order valence-electron chi connectivity index (χ4n) is 1.24. The van der Waals surface area contributed by atoms with Crippen LogP contribution < -0.4 is 5.32 Å². The first-order valence-corrected chi connectivity index (χ1v) is 5.99. The Morgan fingerprint density at radius 1 is 1.56 bits per heavy atom. The summed E-state index contributed by atoms with van der Waals surface area (Å²) in [5, 5.41) is 2.84. The zero-order chi connectivity index (χ0) is 12.0. The number of carbonyl (C=O) groups excluding carboxylic acids is 1. The molecule has 1 unspecified atom stereocenters. The molecule has 0 heterocycles. The second kappa shape index (κ2) is 6.66. The zero-order valence-electron chi connectivity index (χ0n) is 9.50. The number of amides is 1. The lowest BCUT2D eigenvalue weighted by Gasteiger charge is -2.09. The lowest BCUT2D eigenvalue weighted by molar-refractivity contribution is -0.116. The molecule has 1 rings (SSSR count). The van der Waals surface area contributed by atoms with Gasteiger partial charge in [-0.3, -0.25) is 4.79 Å². The Bertz CT molecular complexity index is 355. The number of hydrogen-bond donors (Lipinski definition) is 1. The van der Waals surface area contributed by atoms with Gasteiger partial charge in [0.25, 0.3) is 0 Å². The van der Waals surface area contributed by atoms with Gasteiger partial charge < -0.3 is 10.1 Å².